The summed E-state index contributed by atoms with van der Waals surface area (Å²) < 4.78 is 0. The lowest BCUT2D eigenvalue weighted by Gasteiger charge is -2.39. The number of benzene rings is 1. The summed E-state index contributed by atoms with van der Waals surface area (Å²) in [6.45, 7) is 3.69. The molecule has 2 heterocycles. The third-order valence-corrected chi connectivity index (χ3v) is 4.82. The van der Waals surface area contributed by atoms with Crippen LogP contribution in [0.25, 0.3) is 0 Å². The van der Waals surface area contributed by atoms with Gasteiger partial charge in [-0.2, -0.15) is 0 Å². The summed E-state index contributed by atoms with van der Waals surface area (Å²) in [5.74, 6) is 2.45. The minimum Gasteiger partial charge on any atom is -0.396 e. The van der Waals surface area contributed by atoms with Crippen LogP contribution in [0, 0.1) is 5.92 Å². The zero-order valence-electron chi connectivity index (χ0n) is 9.30. The molecule has 1 fully saturated rings. The zero-order chi connectivity index (χ0) is 11.0. The van der Waals surface area contributed by atoms with Crippen molar-refractivity contribution in [2.45, 2.75) is 10.8 Å². The van der Waals surface area contributed by atoms with Gasteiger partial charge in [-0.25, -0.2) is 0 Å². The SMILES string of the molecule is OCC1CN(CC2CSc3ccccc32)C1. The van der Waals surface area contributed by atoms with Crippen molar-refractivity contribution >= 4 is 11.8 Å². The normalized spacial score (nSPS) is 25.4. The van der Waals surface area contributed by atoms with Crippen molar-refractivity contribution in [1.29, 1.82) is 0 Å². The summed E-state index contributed by atoms with van der Waals surface area (Å²) >= 11 is 1.98. The first-order valence-corrected chi connectivity index (χ1v) is 6.90. The Hall–Kier alpha value is -0.510. The largest absolute Gasteiger partial charge is 0.396 e. The fraction of sp³-hybridized carbons (Fsp3) is 0.538. The average Bonchev–Trinajstić information content (AvgIpc) is 2.66. The molecule has 3 heteroatoms. The number of likely N-dealkylation sites (tertiary alicyclic amines) is 1. The van der Waals surface area contributed by atoms with Gasteiger partial charge in [-0.15, -0.1) is 11.8 Å². The lowest BCUT2D eigenvalue weighted by Crippen LogP contribution is -2.49. The minimum atomic E-state index is 0.354. The van der Waals surface area contributed by atoms with Gasteiger partial charge in [0.05, 0.1) is 0 Å². The van der Waals surface area contributed by atoms with Crippen LogP contribution in [-0.4, -0.2) is 42.0 Å². The summed E-state index contributed by atoms with van der Waals surface area (Å²) in [5.41, 5.74) is 1.53. The first kappa shape index (κ1) is 10.6. The molecule has 2 nitrogen and oxygen atoms in total. The maximum Gasteiger partial charge on any atom is 0.0483 e. The number of aliphatic hydroxyl groups excluding tert-OH is 1. The summed E-state index contributed by atoms with van der Waals surface area (Å²) in [6.07, 6.45) is 0. The molecule has 1 aromatic rings. The Labute approximate surface area is 101 Å². The van der Waals surface area contributed by atoms with Gasteiger partial charge in [0.2, 0.25) is 0 Å². The molecule has 0 saturated carbocycles. The molecule has 0 spiro atoms. The number of fused-ring (bicyclic) bond motifs is 1. The maximum atomic E-state index is 8.99. The summed E-state index contributed by atoms with van der Waals surface area (Å²) in [5, 5.41) is 8.99. The zero-order valence-corrected chi connectivity index (χ0v) is 10.1. The van der Waals surface area contributed by atoms with Gasteiger partial charge >= 0.3 is 0 Å². The smallest absolute Gasteiger partial charge is 0.0483 e. The van der Waals surface area contributed by atoms with E-state index in [0.717, 1.165) is 13.1 Å². The van der Waals surface area contributed by atoms with Crippen LogP contribution in [-0.2, 0) is 0 Å². The van der Waals surface area contributed by atoms with Gasteiger partial charge in [0.15, 0.2) is 0 Å². The van der Waals surface area contributed by atoms with E-state index in [9.17, 15) is 0 Å². The molecular weight excluding hydrogens is 218 g/mol. The Morgan fingerprint density at radius 2 is 2.12 bits per heavy atom. The molecule has 2 aliphatic rings. The fourth-order valence-electron chi connectivity index (χ4n) is 2.63. The monoisotopic (exact) mass is 235 g/mol. The van der Waals surface area contributed by atoms with Crippen molar-refractivity contribution < 1.29 is 5.11 Å². The highest BCUT2D eigenvalue weighted by Gasteiger charge is 2.31. The van der Waals surface area contributed by atoms with E-state index in [2.05, 4.69) is 29.2 Å². The molecule has 1 N–H and O–H groups in total. The average molecular weight is 235 g/mol. The number of thioether (sulfide) groups is 1. The number of rotatable bonds is 3. The summed E-state index contributed by atoms with van der Waals surface area (Å²) in [4.78, 5) is 3.93. The Morgan fingerprint density at radius 1 is 1.31 bits per heavy atom. The molecule has 0 amide bonds. The van der Waals surface area contributed by atoms with Crippen LogP contribution in [0.5, 0.6) is 0 Å². The van der Waals surface area contributed by atoms with E-state index < -0.39 is 0 Å². The molecule has 0 aromatic heterocycles. The van der Waals surface area contributed by atoms with Crippen LogP contribution in [0.1, 0.15) is 11.5 Å². The van der Waals surface area contributed by atoms with Gasteiger partial charge in [0.1, 0.15) is 0 Å². The van der Waals surface area contributed by atoms with Gasteiger partial charge in [-0.3, -0.25) is 0 Å². The summed E-state index contributed by atoms with van der Waals surface area (Å²) in [7, 11) is 0. The van der Waals surface area contributed by atoms with Gasteiger partial charge < -0.3 is 10.0 Å². The fourth-order valence-corrected chi connectivity index (χ4v) is 3.88. The highest BCUT2D eigenvalue weighted by Crippen LogP contribution is 2.40. The topological polar surface area (TPSA) is 23.5 Å². The van der Waals surface area contributed by atoms with Crippen molar-refractivity contribution in [2.75, 3.05) is 32.0 Å². The van der Waals surface area contributed by atoms with Crippen molar-refractivity contribution in [3.05, 3.63) is 29.8 Å². The lowest BCUT2D eigenvalue weighted by atomic mass is 9.95. The molecule has 0 aliphatic carbocycles. The van der Waals surface area contributed by atoms with E-state index >= 15 is 0 Å². The Kier molecular flexibility index (Phi) is 2.92. The molecule has 16 heavy (non-hydrogen) atoms. The third-order valence-electron chi connectivity index (χ3n) is 3.57. The van der Waals surface area contributed by atoms with Gasteiger partial charge in [0.25, 0.3) is 0 Å². The molecule has 1 saturated heterocycles. The first-order chi connectivity index (χ1) is 7.86. The number of nitrogens with zero attached hydrogens (tertiary/aromatic N) is 1. The Bertz CT molecular complexity index is 376. The van der Waals surface area contributed by atoms with E-state index in [1.54, 1.807) is 0 Å². The second-order valence-corrected chi connectivity index (χ2v) is 5.87. The third kappa shape index (κ3) is 1.88. The molecule has 1 atom stereocenters. The highest BCUT2D eigenvalue weighted by atomic mass is 32.2. The van der Waals surface area contributed by atoms with Crippen molar-refractivity contribution in [3.63, 3.8) is 0 Å². The van der Waals surface area contributed by atoms with Gasteiger partial charge in [-0.1, -0.05) is 18.2 Å². The summed E-state index contributed by atoms with van der Waals surface area (Å²) in [6, 6.07) is 8.76. The van der Waals surface area contributed by atoms with E-state index in [1.165, 1.54) is 22.8 Å². The van der Waals surface area contributed by atoms with E-state index in [-0.39, 0.29) is 0 Å². The van der Waals surface area contributed by atoms with Crippen LogP contribution < -0.4 is 0 Å². The van der Waals surface area contributed by atoms with E-state index in [1.807, 2.05) is 11.8 Å². The predicted molar refractivity (Wildman–Crippen MR) is 66.9 cm³/mol. The molecule has 0 radical (unpaired) electrons. The minimum absolute atomic E-state index is 0.354. The molecule has 1 aromatic carbocycles. The quantitative estimate of drug-likeness (QED) is 0.864. The molecule has 3 rings (SSSR count). The standard InChI is InChI=1S/C13H17NOS/c15-8-10-5-14(6-10)7-11-9-16-13-4-2-1-3-12(11)13/h1-4,10-11,15H,5-9H2. The van der Waals surface area contributed by atoms with Gasteiger partial charge in [0, 0.05) is 48.7 Å². The number of aliphatic hydroxyl groups is 1. The van der Waals surface area contributed by atoms with Crippen LogP contribution >= 0.6 is 11.8 Å². The van der Waals surface area contributed by atoms with Crippen LogP contribution in [0.2, 0.25) is 0 Å². The van der Waals surface area contributed by atoms with Gasteiger partial charge in [-0.05, 0) is 11.6 Å². The lowest BCUT2D eigenvalue weighted by molar-refractivity contribution is 0.0507. The first-order valence-electron chi connectivity index (χ1n) is 5.91. The second kappa shape index (κ2) is 4.40. The maximum absolute atomic E-state index is 8.99. The van der Waals surface area contributed by atoms with E-state index in [0.29, 0.717) is 18.4 Å². The van der Waals surface area contributed by atoms with Crippen molar-refractivity contribution in [3.8, 4) is 0 Å². The van der Waals surface area contributed by atoms with Crippen LogP contribution in [0.3, 0.4) is 0 Å². The highest BCUT2D eigenvalue weighted by molar-refractivity contribution is 7.99. The Balaban J connectivity index is 1.62. The molecule has 2 aliphatic heterocycles. The Morgan fingerprint density at radius 3 is 2.94 bits per heavy atom. The number of hydrogen-bond donors (Lipinski definition) is 1. The van der Waals surface area contributed by atoms with Crippen molar-refractivity contribution in [2.24, 2.45) is 5.92 Å². The predicted octanol–water partition coefficient (Wildman–Crippen LogP) is 1.80. The van der Waals surface area contributed by atoms with Crippen LogP contribution in [0.4, 0.5) is 0 Å². The van der Waals surface area contributed by atoms with Crippen LogP contribution in [0.15, 0.2) is 29.2 Å². The second-order valence-electron chi connectivity index (χ2n) is 4.81. The molecular formula is C13H17NOS. The van der Waals surface area contributed by atoms with Crippen molar-refractivity contribution in [1.82, 2.24) is 4.90 Å². The molecule has 0 bridgehead atoms. The molecule has 1 unspecified atom stereocenters. The number of hydrogen-bond acceptors (Lipinski definition) is 3. The molecule has 86 valence electrons. The van der Waals surface area contributed by atoms with E-state index in [4.69, 9.17) is 5.11 Å².